The molecule has 0 unspecified atom stereocenters. The number of rotatable bonds is 6. The largest absolute Gasteiger partial charge is 0.398 e. The van der Waals surface area contributed by atoms with Gasteiger partial charge in [-0.15, -0.1) is 6.58 Å². The molecule has 0 aliphatic heterocycles. The van der Waals surface area contributed by atoms with Crippen LogP contribution in [0.3, 0.4) is 0 Å². The number of sulfonamides is 1. The van der Waals surface area contributed by atoms with E-state index in [4.69, 9.17) is 5.73 Å². The molecule has 4 nitrogen and oxygen atoms in total. The standard InChI is InChI=1S/C11H16N2O2S/c1-2-3-8-13-16(14,15)9-10-6-4-5-7-11(10)12/h2,4-7,13H,1,3,8-9,12H2. The van der Waals surface area contributed by atoms with Crippen LogP contribution >= 0.6 is 0 Å². The summed E-state index contributed by atoms with van der Waals surface area (Å²) in [6, 6.07) is 6.94. The van der Waals surface area contributed by atoms with Gasteiger partial charge in [0.15, 0.2) is 0 Å². The maximum absolute atomic E-state index is 11.6. The van der Waals surface area contributed by atoms with E-state index in [9.17, 15) is 8.42 Å². The van der Waals surface area contributed by atoms with Crippen LogP contribution in [0.4, 0.5) is 5.69 Å². The van der Waals surface area contributed by atoms with Crippen molar-refractivity contribution in [3.05, 3.63) is 42.5 Å². The van der Waals surface area contributed by atoms with E-state index >= 15 is 0 Å². The van der Waals surface area contributed by atoms with Crippen LogP contribution in [0.15, 0.2) is 36.9 Å². The third-order valence-electron chi connectivity index (χ3n) is 2.07. The molecule has 0 bridgehead atoms. The minimum absolute atomic E-state index is 0.0865. The minimum atomic E-state index is -3.31. The van der Waals surface area contributed by atoms with Gasteiger partial charge in [-0.05, 0) is 18.1 Å². The molecule has 88 valence electrons. The predicted molar refractivity (Wildman–Crippen MR) is 66.3 cm³/mol. The fraction of sp³-hybridized carbons (Fsp3) is 0.273. The van der Waals surface area contributed by atoms with Crippen LogP contribution in [0.2, 0.25) is 0 Å². The summed E-state index contributed by atoms with van der Waals surface area (Å²) >= 11 is 0. The van der Waals surface area contributed by atoms with Crippen molar-refractivity contribution in [1.29, 1.82) is 0 Å². The van der Waals surface area contributed by atoms with Crippen molar-refractivity contribution in [2.24, 2.45) is 0 Å². The molecule has 0 heterocycles. The van der Waals surface area contributed by atoms with E-state index in [0.717, 1.165) is 0 Å². The quantitative estimate of drug-likeness (QED) is 0.447. The van der Waals surface area contributed by atoms with Gasteiger partial charge >= 0.3 is 0 Å². The van der Waals surface area contributed by atoms with Crippen molar-refractivity contribution < 1.29 is 8.42 Å². The van der Waals surface area contributed by atoms with Crippen LogP contribution in [0, 0.1) is 0 Å². The molecule has 16 heavy (non-hydrogen) atoms. The molecule has 1 aromatic rings. The fourth-order valence-electron chi connectivity index (χ4n) is 1.24. The Bertz CT molecular complexity index is 455. The molecule has 0 aromatic heterocycles. The Morgan fingerprint density at radius 1 is 1.38 bits per heavy atom. The molecular weight excluding hydrogens is 224 g/mol. The number of nitrogens with two attached hydrogens (primary N) is 1. The Morgan fingerprint density at radius 2 is 2.06 bits per heavy atom. The van der Waals surface area contributed by atoms with Gasteiger partial charge in [-0.1, -0.05) is 24.3 Å². The van der Waals surface area contributed by atoms with E-state index in [1.165, 1.54) is 0 Å². The van der Waals surface area contributed by atoms with Crippen LogP contribution in [0.1, 0.15) is 12.0 Å². The van der Waals surface area contributed by atoms with E-state index in [2.05, 4.69) is 11.3 Å². The second kappa shape index (κ2) is 5.67. The SMILES string of the molecule is C=CCCNS(=O)(=O)Cc1ccccc1N. The molecule has 0 saturated carbocycles. The third kappa shape index (κ3) is 4.04. The average Bonchev–Trinajstić information content (AvgIpc) is 2.21. The van der Waals surface area contributed by atoms with E-state index in [1.54, 1.807) is 30.3 Å². The third-order valence-corrected chi connectivity index (χ3v) is 3.41. The smallest absolute Gasteiger partial charge is 0.215 e. The summed E-state index contributed by atoms with van der Waals surface area (Å²) in [6.07, 6.45) is 2.28. The van der Waals surface area contributed by atoms with Gasteiger partial charge < -0.3 is 5.73 Å². The first-order valence-electron chi connectivity index (χ1n) is 4.97. The molecule has 0 amide bonds. The Morgan fingerprint density at radius 3 is 2.69 bits per heavy atom. The summed E-state index contributed by atoms with van der Waals surface area (Å²) in [6.45, 7) is 3.90. The Hall–Kier alpha value is -1.33. The van der Waals surface area contributed by atoms with Crippen molar-refractivity contribution in [2.45, 2.75) is 12.2 Å². The van der Waals surface area contributed by atoms with Gasteiger partial charge in [0.1, 0.15) is 0 Å². The summed E-state index contributed by atoms with van der Waals surface area (Å²) in [5.41, 5.74) is 6.79. The van der Waals surface area contributed by atoms with Crippen LogP contribution in [-0.2, 0) is 15.8 Å². The van der Waals surface area contributed by atoms with Gasteiger partial charge in [0, 0.05) is 12.2 Å². The van der Waals surface area contributed by atoms with E-state index < -0.39 is 10.0 Å². The fourth-order valence-corrected chi connectivity index (χ4v) is 2.44. The number of para-hydroxylation sites is 1. The maximum Gasteiger partial charge on any atom is 0.215 e. The van der Waals surface area contributed by atoms with Gasteiger partial charge in [0.05, 0.1) is 5.75 Å². The second-order valence-corrected chi connectivity index (χ2v) is 5.24. The normalized spacial score (nSPS) is 11.2. The number of hydrogen-bond donors (Lipinski definition) is 2. The lowest BCUT2D eigenvalue weighted by atomic mass is 10.2. The minimum Gasteiger partial charge on any atom is -0.398 e. The molecule has 1 rings (SSSR count). The van der Waals surface area contributed by atoms with Gasteiger partial charge in [-0.2, -0.15) is 0 Å². The van der Waals surface area contributed by atoms with E-state index in [1.807, 2.05) is 0 Å². The van der Waals surface area contributed by atoms with Crippen LogP contribution in [-0.4, -0.2) is 15.0 Å². The second-order valence-electron chi connectivity index (χ2n) is 3.43. The predicted octanol–water partition coefficient (Wildman–Crippen LogP) is 1.26. The highest BCUT2D eigenvalue weighted by atomic mass is 32.2. The number of nitrogen functional groups attached to an aromatic ring is 1. The molecule has 0 saturated heterocycles. The van der Waals surface area contributed by atoms with Crippen molar-refractivity contribution in [1.82, 2.24) is 4.72 Å². The lowest BCUT2D eigenvalue weighted by Gasteiger charge is -2.07. The lowest BCUT2D eigenvalue weighted by Crippen LogP contribution is -2.26. The Labute approximate surface area is 96.2 Å². The van der Waals surface area contributed by atoms with Crippen LogP contribution in [0.25, 0.3) is 0 Å². The molecule has 5 heteroatoms. The summed E-state index contributed by atoms with van der Waals surface area (Å²) in [7, 11) is -3.31. The number of anilines is 1. The Balaban J connectivity index is 2.66. The molecule has 3 N–H and O–H groups in total. The maximum atomic E-state index is 11.6. The zero-order valence-electron chi connectivity index (χ0n) is 9.02. The molecular formula is C11H16N2O2S. The summed E-state index contributed by atoms with van der Waals surface area (Å²) < 4.78 is 25.7. The van der Waals surface area contributed by atoms with Crippen molar-refractivity contribution in [3.63, 3.8) is 0 Å². The number of nitrogens with one attached hydrogen (secondary N) is 1. The highest BCUT2D eigenvalue weighted by Gasteiger charge is 2.11. The van der Waals surface area contributed by atoms with E-state index in [-0.39, 0.29) is 5.75 Å². The molecule has 0 radical (unpaired) electrons. The first-order valence-corrected chi connectivity index (χ1v) is 6.62. The number of hydrogen-bond acceptors (Lipinski definition) is 3. The molecule has 1 aromatic carbocycles. The first kappa shape index (κ1) is 12.7. The lowest BCUT2D eigenvalue weighted by molar-refractivity contribution is 0.581. The van der Waals surface area contributed by atoms with Crippen molar-refractivity contribution in [3.8, 4) is 0 Å². The average molecular weight is 240 g/mol. The highest BCUT2D eigenvalue weighted by Crippen LogP contribution is 2.13. The van der Waals surface area contributed by atoms with E-state index in [0.29, 0.717) is 24.2 Å². The summed E-state index contributed by atoms with van der Waals surface area (Å²) in [5.74, 6) is -0.0865. The topological polar surface area (TPSA) is 72.2 Å². The molecule has 0 fully saturated rings. The van der Waals surface area contributed by atoms with Gasteiger partial charge in [-0.3, -0.25) is 0 Å². The van der Waals surface area contributed by atoms with Gasteiger partial charge in [0.25, 0.3) is 0 Å². The van der Waals surface area contributed by atoms with Gasteiger partial charge in [0.2, 0.25) is 10.0 Å². The molecule has 0 spiro atoms. The zero-order chi connectivity index (χ0) is 12.0. The van der Waals surface area contributed by atoms with Crippen LogP contribution in [0.5, 0.6) is 0 Å². The van der Waals surface area contributed by atoms with Gasteiger partial charge in [-0.25, -0.2) is 13.1 Å². The van der Waals surface area contributed by atoms with Crippen LogP contribution < -0.4 is 10.5 Å². The first-order chi connectivity index (χ1) is 7.55. The Kier molecular flexibility index (Phi) is 4.52. The summed E-state index contributed by atoms with van der Waals surface area (Å²) in [4.78, 5) is 0. The highest BCUT2D eigenvalue weighted by molar-refractivity contribution is 7.88. The monoisotopic (exact) mass is 240 g/mol. The summed E-state index contributed by atoms with van der Waals surface area (Å²) in [5, 5.41) is 0. The zero-order valence-corrected chi connectivity index (χ0v) is 9.83. The molecule has 0 atom stereocenters. The number of benzene rings is 1. The van der Waals surface area contributed by atoms with Crippen molar-refractivity contribution >= 4 is 15.7 Å². The molecule has 0 aliphatic rings. The molecule has 0 aliphatic carbocycles. The van der Waals surface area contributed by atoms with Crippen molar-refractivity contribution in [2.75, 3.05) is 12.3 Å².